The Balaban J connectivity index is 8.51. The van der Waals surface area contributed by atoms with Gasteiger partial charge < -0.3 is 0 Å². The third-order valence-electron chi connectivity index (χ3n) is 3.77. The van der Waals surface area contributed by atoms with Crippen LogP contribution < -0.4 is 0 Å². The van der Waals surface area contributed by atoms with Crippen molar-refractivity contribution in [3.63, 3.8) is 0 Å². The van der Waals surface area contributed by atoms with Crippen LogP contribution in [0, 0.1) is 0 Å². The smallest absolute Gasteiger partial charge is 0.225 e. The van der Waals surface area contributed by atoms with Crippen LogP contribution in [0.25, 0.3) is 0 Å². The number of alkyl halides is 22. The summed E-state index contributed by atoms with van der Waals surface area (Å²) in [5.41, 5.74) is -39.2. The van der Waals surface area contributed by atoms with Crippen LogP contribution in [0.3, 0.4) is 0 Å². The largest absolute Gasteiger partial charge is 0.435 e. The fourth-order valence-corrected chi connectivity index (χ4v) is 2.36. The zero-order valence-corrected chi connectivity index (χ0v) is 13.3. The number of halogens is 22. The van der Waals surface area contributed by atoms with Crippen LogP contribution in [0.15, 0.2) is 0 Å². The molecule has 0 aliphatic rings. The van der Waals surface area contributed by atoms with E-state index in [2.05, 4.69) is 0 Å². The predicted octanol–water partition coefficient (Wildman–Crippen LogP) is 7.19. The molecule has 0 aromatic rings. The highest BCUT2D eigenvalue weighted by Gasteiger charge is 3.06. The van der Waals surface area contributed by atoms with Crippen molar-refractivity contribution >= 4 is 0 Å². The molecule has 0 rings (SSSR count). The summed E-state index contributed by atoms with van der Waals surface area (Å²) in [6, 6.07) is 0. The number of hydrogen-bond donors (Lipinski definition) is 0. The normalized spacial score (nSPS) is 20.1. The molecule has 0 aromatic heterocycles. The molecule has 0 saturated heterocycles. The third-order valence-corrected chi connectivity index (χ3v) is 3.77. The molecule has 2 unspecified atom stereocenters. The first-order valence-electron chi connectivity index (χ1n) is 6.41. The van der Waals surface area contributed by atoms with Crippen molar-refractivity contribution in [1.82, 2.24) is 0 Å². The summed E-state index contributed by atoms with van der Waals surface area (Å²) in [6.45, 7) is 0. The number of hydrogen-bond acceptors (Lipinski definition) is 0. The van der Waals surface area contributed by atoms with Crippen molar-refractivity contribution in [1.29, 1.82) is 0 Å². The Hall–Kier alpha value is -1.54. The van der Waals surface area contributed by atoms with Gasteiger partial charge in [0, 0.05) is 0 Å². The first kappa shape index (κ1) is 30.5. The molecule has 2 atom stereocenters. The minimum atomic E-state index is -10.0. The molecular weight excluding hydrogens is 538 g/mol. The maximum absolute atomic E-state index is 14.2. The van der Waals surface area contributed by atoms with Crippen molar-refractivity contribution in [3.05, 3.63) is 0 Å². The van der Waals surface area contributed by atoms with Crippen LogP contribution in [-0.4, -0.2) is 59.7 Å². The highest BCUT2D eigenvalue weighted by Crippen LogP contribution is 2.72. The van der Waals surface area contributed by atoms with E-state index in [9.17, 15) is 96.6 Å². The molecule has 32 heavy (non-hydrogen) atoms. The Morgan fingerprint density at radius 2 is 0.250 bits per heavy atom. The van der Waals surface area contributed by atoms with Crippen LogP contribution in [0.5, 0.6) is 0 Å². The molecule has 0 spiro atoms. The molecule has 0 saturated carbocycles. The van der Waals surface area contributed by atoms with Gasteiger partial charge in [0.15, 0.2) is 0 Å². The fraction of sp³-hybridized carbons (Fsp3) is 1.00. The predicted molar refractivity (Wildman–Crippen MR) is 51.7 cm³/mol. The Kier molecular flexibility index (Phi) is 6.65. The molecular formula is C10F22. The van der Waals surface area contributed by atoms with Gasteiger partial charge in [0.2, 0.25) is 0 Å². The Bertz CT molecular complexity index is 588. The Labute approximate surface area is 158 Å². The summed E-state index contributed by atoms with van der Waals surface area (Å²) in [7, 11) is 0. The van der Waals surface area contributed by atoms with E-state index in [4.69, 9.17) is 0 Å². The molecule has 0 aliphatic heterocycles. The zero-order valence-electron chi connectivity index (χ0n) is 13.3. The second kappa shape index (κ2) is 6.98. The van der Waals surface area contributed by atoms with E-state index in [1.54, 1.807) is 0 Å². The summed E-state index contributed by atoms with van der Waals surface area (Å²) in [5, 5.41) is 0. The summed E-state index contributed by atoms with van der Waals surface area (Å²) < 4.78 is 282. The first-order valence-corrected chi connectivity index (χ1v) is 6.41. The summed E-state index contributed by atoms with van der Waals surface area (Å²) >= 11 is 0. The zero-order chi connectivity index (χ0) is 27.0. The van der Waals surface area contributed by atoms with Crippen molar-refractivity contribution < 1.29 is 96.6 Å². The van der Waals surface area contributed by atoms with Gasteiger partial charge in [0.1, 0.15) is 0 Å². The van der Waals surface area contributed by atoms with Gasteiger partial charge in [-0.3, -0.25) is 0 Å². The molecule has 0 amide bonds. The van der Waals surface area contributed by atoms with Gasteiger partial charge in [-0.2, -0.15) is 79.0 Å². The Morgan fingerprint density at radius 3 is 0.312 bits per heavy atom. The van der Waals surface area contributed by atoms with Gasteiger partial charge in [-0.1, -0.05) is 0 Å². The molecule has 22 heteroatoms. The van der Waals surface area contributed by atoms with E-state index < -0.39 is 59.7 Å². The van der Waals surface area contributed by atoms with Crippen molar-refractivity contribution in [2.24, 2.45) is 0 Å². The maximum atomic E-state index is 14.2. The molecule has 0 bridgehead atoms. The van der Waals surface area contributed by atoms with E-state index in [-0.39, 0.29) is 0 Å². The van der Waals surface area contributed by atoms with Gasteiger partial charge >= 0.3 is 59.7 Å². The minimum Gasteiger partial charge on any atom is -0.225 e. The molecule has 0 fully saturated rings. The van der Waals surface area contributed by atoms with Crippen molar-refractivity contribution in [2.45, 2.75) is 59.7 Å². The van der Waals surface area contributed by atoms with Gasteiger partial charge in [0.05, 0.1) is 0 Å². The lowest BCUT2D eigenvalue weighted by Gasteiger charge is -2.52. The second-order valence-electron chi connectivity index (χ2n) is 5.62. The van der Waals surface area contributed by atoms with E-state index >= 15 is 0 Å². The minimum absolute atomic E-state index is 8.91. The van der Waals surface area contributed by atoms with Crippen LogP contribution in [-0.2, 0) is 0 Å². The van der Waals surface area contributed by atoms with Crippen LogP contribution >= 0.6 is 0 Å². The molecule has 0 aromatic carbocycles. The summed E-state index contributed by atoms with van der Waals surface area (Å²) in [4.78, 5) is 0. The molecule has 0 heterocycles. The third kappa shape index (κ3) is 3.40. The van der Waals surface area contributed by atoms with Crippen molar-refractivity contribution in [3.8, 4) is 0 Å². The lowest BCUT2D eigenvalue weighted by Crippen LogP contribution is -2.88. The SMILES string of the molecule is FC(F)(F)C(F)(C(F)(F)F)C(F)(C(F)(F)F)C(F)(C(F)(F)F)C(F)(C(F)(F)F)C(F)(F)F. The van der Waals surface area contributed by atoms with E-state index in [1.165, 1.54) is 0 Å². The highest BCUT2D eigenvalue weighted by atomic mass is 19.5. The highest BCUT2D eigenvalue weighted by molar-refractivity contribution is 5.32. The van der Waals surface area contributed by atoms with Crippen LogP contribution in [0.4, 0.5) is 96.6 Å². The standard InChI is InChI=1S/C10F22/c11-1(5(15,16)17,3(13,7(21,22)23)8(24,25)26)2(12,6(18,19)20)4(14,9(27,28)29)10(30,31)32. The molecule has 0 aliphatic carbocycles. The monoisotopic (exact) mass is 538 g/mol. The molecule has 0 nitrogen and oxygen atoms in total. The van der Waals surface area contributed by atoms with Crippen molar-refractivity contribution in [2.75, 3.05) is 0 Å². The van der Waals surface area contributed by atoms with Crippen LogP contribution in [0.2, 0.25) is 0 Å². The summed E-state index contributed by atoms with van der Waals surface area (Å²) in [6.07, 6.45) is -54.1. The van der Waals surface area contributed by atoms with E-state index in [1.807, 2.05) is 0 Å². The van der Waals surface area contributed by atoms with Gasteiger partial charge in [-0.25, -0.2) is 17.6 Å². The van der Waals surface area contributed by atoms with Crippen LogP contribution in [0.1, 0.15) is 0 Å². The number of rotatable bonds is 3. The second-order valence-corrected chi connectivity index (χ2v) is 5.62. The van der Waals surface area contributed by atoms with E-state index in [0.29, 0.717) is 0 Å². The average molecular weight is 538 g/mol. The lowest BCUT2D eigenvalue weighted by atomic mass is 9.64. The molecule has 0 radical (unpaired) electrons. The maximum Gasteiger partial charge on any atom is 0.435 e. The van der Waals surface area contributed by atoms with E-state index in [0.717, 1.165) is 0 Å². The average Bonchev–Trinajstić information content (AvgIpc) is 2.44. The topological polar surface area (TPSA) is 0 Å². The fourth-order valence-electron chi connectivity index (χ4n) is 2.36. The summed E-state index contributed by atoms with van der Waals surface area (Å²) in [5.74, 6) is 0. The molecule has 194 valence electrons. The molecule has 0 N–H and O–H groups in total. The Morgan fingerprint density at radius 1 is 0.156 bits per heavy atom. The van der Waals surface area contributed by atoms with Gasteiger partial charge in [-0.05, 0) is 0 Å². The first-order chi connectivity index (χ1) is 13.2. The van der Waals surface area contributed by atoms with Gasteiger partial charge in [0.25, 0.3) is 0 Å². The quantitative estimate of drug-likeness (QED) is 0.334. The van der Waals surface area contributed by atoms with Gasteiger partial charge in [-0.15, -0.1) is 0 Å². The lowest BCUT2D eigenvalue weighted by molar-refractivity contribution is -0.498.